The summed E-state index contributed by atoms with van der Waals surface area (Å²) in [5.41, 5.74) is 3.74. The third kappa shape index (κ3) is 1.79. The summed E-state index contributed by atoms with van der Waals surface area (Å²) in [6, 6.07) is 6.43. The van der Waals surface area contributed by atoms with Gasteiger partial charge in [0.1, 0.15) is 5.82 Å². The van der Waals surface area contributed by atoms with E-state index >= 15 is 0 Å². The molecule has 1 N–H and O–H groups in total. The van der Waals surface area contributed by atoms with Gasteiger partial charge >= 0.3 is 0 Å². The van der Waals surface area contributed by atoms with Crippen LogP contribution in [0.1, 0.15) is 17.8 Å². The molecule has 1 aliphatic rings. The number of nitrogens with one attached hydrogen (secondary N) is 1. The lowest BCUT2D eigenvalue weighted by molar-refractivity contribution is 0.736. The standard InChI is InChI=1S/C13H16N4/c1-9-15-13(16-17(9)2)11-5-6-12-10(8-11)4-3-7-14-12/h5-6,8,14H,3-4,7H2,1-2H3. The first-order chi connectivity index (χ1) is 8.24. The van der Waals surface area contributed by atoms with E-state index < -0.39 is 0 Å². The van der Waals surface area contributed by atoms with E-state index in [2.05, 4.69) is 33.6 Å². The number of anilines is 1. The number of aryl methyl sites for hydroxylation is 3. The molecule has 1 aromatic carbocycles. The van der Waals surface area contributed by atoms with Crippen molar-refractivity contribution >= 4 is 5.69 Å². The molecular weight excluding hydrogens is 212 g/mol. The molecule has 1 aromatic heterocycles. The van der Waals surface area contributed by atoms with E-state index in [4.69, 9.17) is 0 Å². The highest BCUT2D eigenvalue weighted by atomic mass is 15.3. The number of fused-ring (bicyclic) bond motifs is 1. The van der Waals surface area contributed by atoms with Crippen LogP contribution in [-0.4, -0.2) is 21.3 Å². The average Bonchev–Trinajstić information content (AvgIpc) is 2.69. The van der Waals surface area contributed by atoms with E-state index in [0.717, 1.165) is 30.2 Å². The third-order valence-electron chi connectivity index (χ3n) is 3.28. The number of nitrogens with zero attached hydrogens (tertiary/aromatic N) is 3. The molecule has 0 amide bonds. The molecule has 2 aromatic rings. The summed E-state index contributed by atoms with van der Waals surface area (Å²) in [6.45, 7) is 3.05. The first-order valence-electron chi connectivity index (χ1n) is 5.99. The maximum absolute atomic E-state index is 4.46. The van der Waals surface area contributed by atoms with Crippen LogP contribution < -0.4 is 5.32 Å². The maximum Gasteiger partial charge on any atom is 0.181 e. The zero-order chi connectivity index (χ0) is 11.8. The molecule has 0 saturated heterocycles. The largest absolute Gasteiger partial charge is 0.385 e. The van der Waals surface area contributed by atoms with E-state index in [1.165, 1.54) is 17.7 Å². The Morgan fingerprint density at radius 1 is 1.35 bits per heavy atom. The molecule has 88 valence electrons. The van der Waals surface area contributed by atoms with Crippen LogP contribution in [0.5, 0.6) is 0 Å². The van der Waals surface area contributed by atoms with Gasteiger partial charge in [0.15, 0.2) is 5.82 Å². The second-order valence-electron chi connectivity index (χ2n) is 4.51. The summed E-state index contributed by atoms with van der Waals surface area (Å²) in [5.74, 6) is 1.76. The van der Waals surface area contributed by atoms with Crippen molar-refractivity contribution in [3.8, 4) is 11.4 Å². The van der Waals surface area contributed by atoms with Gasteiger partial charge in [-0.25, -0.2) is 4.98 Å². The van der Waals surface area contributed by atoms with Gasteiger partial charge in [-0.2, -0.15) is 5.10 Å². The fourth-order valence-corrected chi connectivity index (χ4v) is 2.20. The second-order valence-corrected chi connectivity index (χ2v) is 4.51. The van der Waals surface area contributed by atoms with Crippen LogP contribution in [0, 0.1) is 6.92 Å². The lowest BCUT2D eigenvalue weighted by Gasteiger charge is -2.18. The Bertz CT molecular complexity index is 537. The highest BCUT2D eigenvalue weighted by Crippen LogP contribution is 2.26. The molecule has 17 heavy (non-hydrogen) atoms. The summed E-state index contributed by atoms with van der Waals surface area (Å²) in [5, 5.41) is 7.83. The molecule has 0 saturated carbocycles. The second kappa shape index (κ2) is 3.87. The Labute approximate surface area is 101 Å². The van der Waals surface area contributed by atoms with Gasteiger partial charge in [-0.15, -0.1) is 0 Å². The average molecular weight is 228 g/mol. The smallest absolute Gasteiger partial charge is 0.181 e. The van der Waals surface area contributed by atoms with Crippen molar-refractivity contribution in [1.29, 1.82) is 0 Å². The van der Waals surface area contributed by atoms with Gasteiger partial charge in [-0.1, -0.05) is 0 Å². The predicted molar refractivity (Wildman–Crippen MR) is 68.0 cm³/mol. The van der Waals surface area contributed by atoms with Gasteiger partial charge in [-0.3, -0.25) is 4.68 Å². The van der Waals surface area contributed by atoms with Crippen molar-refractivity contribution in [1.82, 2.24) is 14.8 Å². The van der Waals surface area contributed by atoms with Crippen LogP contribution in [0.15, 0.2) is 18.2 Å². The van der Waals surface area contributed by atoms with Gasteiger partial charge in [0.05, 0.1) is 0 Å². The van der Waals surface area contributed by atoms with Crippen molar-refractivity contribution in [3.63, 3.8) is 0 Å². The van der Waals surface area contributed by atoms with Crippen LogP contribution in [0.4, 0.5) is 5.69 Å². The number of rotatable bonds is 1. The van der Waals surface area contributed by atoms with Gasteiger partial charge < -0.3 is 5.32 Å². The Kier molecular flexibility index (Phi) is 2.35. The fraction of sp³-hybridized carbons (Fsp3) is 0.385. The fourth-order valence-electron chi connectivity index (χ4n) is 2.20. The molecule has 2 heterocycles. The van der Waals surface area contributed by atoms with Crippen molar-refractivity contribution in [3.05, 3.63) is 29.6 Å². The Hall–Kier alpha value is -1.84. The molecule has 1 aliphatic heterocycles. The predicted octanol–water partition coefficient (Wildman–Crippen LogP) is 2.15. The van der Waals surface area contributed by atoms with Crippen LogP contribution in [0.3, 0.4) is 0 Å². The van der Waals surface area contributed by atoms with Crippen molar-refractivity contribution in [2.75, 3.05) is 11.9 Å². The first-order valence-corrected chi connectivity index (χ1v) is 5.99. The Morgan fingerprint density at radius 3 is 3.00 bits per heavy atom. The number of aromatic nitrogens is 3. The molecule has 3 rings (SSSR count). The zero-order valence-corrected chi connectivity index (χ0v) is 10.2. The van der Waals surface area contributed by atoms with Crippen LogP contribution in [0.2, 0.25) is 0 Å². The van der Waals surface area contributed by atoms with Gasteiger partial charge in [0.25, 0.3) is 0 Å². The molecule has 0 unspecified atom stereocenters. The highest BCUT2D eigenvalue weighted by molar-refractivity contribution is 5.64. The monoisotopic (exact) mass is 228 g/mol. The normalized spacial score (nSPS) is 14.2. The zero-order valence-electron chi connectivity index (χ0n) is 10.2. The third-order valence-corrected chi connectivity index (χ3v) is 3.28. The van der Waals surface area contributed by atoms with Gasteiger partial charge in [-0.05, 0) is 43.5 Å². The summed E-state index contributed by atoms with van der Waals surface area (Å²) >= 11 is 0. The van der Waals surface area contributed by atoms with Gasteiger partial charge in [0.2, 0.25) is 0 Å². The van der Waals surface area contributed by atoms with E-state index in [0.29, 0.717) is 0 Å². The molecule has 0 fully saturated rings. The Morgan fingerprint density at radius 2 is 2.24 bits per heavy atom. The molecule has 0 radical (unpaired) electrons. The van der Waals surface area contributed by atoms with Gasteiger partial charge in [0, 0.05) is 24.8 Å². The molecule has 0 atom stereocenters. The topological polar surface area (TPSA) is 42.7 Å². The quantitative estimate of drug-likeness (QED) is 0.813. The lowest BCUT2D eigenvalue weighted by atomic mass is 10.0. The van der Waals surface area contributed by atoms with Crippen molar-refractivity contribution in [2.24, 2.45) is 7.05 Å². The van der Waals surface area contributed by atoms with Crippen LogP contribution in [0.25, 0.3) is 11.4 Å². The number of benzene rings is 1. The first kappa shape index (κ1) is 10.3. The minimum absolute atomic E-state index is 0.818. The Balaban J connectivity index is 2.03. The van der Waals surface area contributed by atoms with Crippen LogP contribution >= 0.6 is 0 Å². The number of hydrogen-bond donors (Lipinski definition) is 1. The minimum atomic E-state index is 0.818. The molecular formula is C13H16N4. The molecule has 0 bridgehead atoms. The maximum atomic E-state index is 4.46. The molecule has 0 aliphatic carbocycles. The summed E-state index contributed by atoms with van der Waals surface area (Å²) in [4.78, 5) is 4.46. The van der Waals surface area contributed by atoms with E-state index in [1.54, 1.807) is 0 Å². The van der Waals surface area contributed by atoms with Crippen LogP contribution in [-0.2, 0) is 13.5 Å². The van der Waals surface area contributed by atoms with Crippen molar-refractivity contribution in [2.45, 2.75) is 19.8 Å². The lowest BCUT2D eigenvalue weighted by Crippen LogP contribution is -2.11. The summed E-state index contributed by atoms with van der Waals surface area (Å²) in [6.07, 6.45) is 2.34. The summed E-state index contributed by atoms with van der Waals surface area (Å²) < 4.78 is 1.81. The molecule has 4 heteroatoms. The van der Waals surface area contributed by atoms with E-state index in [1.807, 2.05) is 18.7 Å². The highest BCUT2D eigenvalue weighted by Gasteiger charge is 2.12. The molecule has 0 spiro atoms. The number of hydrogen-bond acceptors (Lipinski definition) is 3. The van der Waals surface area contributed by atoms with Crippen molar-refractivity contribution < 1.29 is 0 Å². The van der Waals surface area contributed by atoms with E-state index in [9.17, 15) is 0 Å². The SMILES string of the molecule is Cc1nc(-c2ccc3c(c2)CCCN3)nn1C. The minimum Gasteiger partial charge on any atom is -0.385 e. The summed E-state index contributed by atoms with van der Waals surface area (Å²) in [7, 11) is 1.92. The van der Waals surface area contributed by atoms with E-state index in [-0.39, 0.29) is 0 Å². The molecule has 4 nitrogen and oxygen atoms in total.